The molecule has 0 bridgehead atoms. The van der Waals surface area contributed by atoms with Gasteiger partial charge in [-0.15, -0.1) is 0 Å². The average molecular weight is 347 g/mol. The number of rotatable bonds is 6. The molecule has 144 valence electrons. The Balaban J connectivity index is 2.12. The summed E-state index contributed by atoms with van der Waals surface area (Å²) in [6.07, 6.45) is 12.1. The van der Waals surface area contributed by atoms with Crippen molar-refractivity contribution in [2.45, 2.75) is 98.8 Å². The summed E-state index contributed by atoms with van der Waals surface area (Å²) in [6, 6.07) is 0. The summed E-state index contributed by atoms with van der Waals surface area (Å²) in [4.78, 5) is 12.8. The van der Waals surface area contributed by atoms with Crippen LogP contribution < -0.4 is 0 Å². The van der Waals surface area contributed by atoms with E-state index >= 15 is 0 Å². The van der Waals surface area contributed by atoms with E-state index < -0.39 is 0 Å². The summed E-state index contributed by atoms with van der Waals surface area (Å²) in [5.41, 5.74) is 1.54. The Morgan fingerprint density at radius 1 is 1.04 bits per heavy atom. The fraction of sp³-hybridized carbons (Fsp3) is 0.875. The maximum atomic E-state index is 12.8. The molecule has 2 rings (SSSR count). The van der Waals surface area contributed by atoms with Gasteiger partial charge in [0.15, 0.2) is 0 Å². The number of carbonyl (C=O) groups is 1. The lowest BCUT2D eigenvalue weighted by atomic mass is 9.65. The summed E-state index contributed by atoms with van der Waals surface area (Å²) in [7, 11) is 0. The van der Waals surface area contributed by atoms with Crippen molar-refractivity contribution in [1.82, 2.24) is 0 Å². The minimum atomic E-state index is 0.0994. The number of Topliss-reactive ketones (excluding diaryl/α,β-unsaturated/α-hetero) is 1. The Kier molecular flexibility index (Phi) is 7.35. The SMILES string of the molecule is C=C(C1CC(C)CCC1C)C(CC(=O)CC(C)(C)C)C1CCCCC1. The van der Waals surface area contributed by atoms with E-state index in [0.717, 1.165) is 18.3 Å². The molecule has 0 saturated heterocycles. The number of carbonyl (C=O) groups excluding carboxylic acids is 1. The molecule has 0 aromatic rings. The topological polar surface area (TPSA) is 17.1 Å². The second kappa shape index (κ2) is 8.87. The highest BCUT2D eigenvalue weighted by Crippen LogP contribution is 2.45. The third-order valence-electron chi connectivity index (χ3n) is 6.80. The molecule has 0 amide bonds. The minimum Gasteiger partial charge on any atom is -0.300 e. The first-order valence-corrected chi connectivity index (χ1v) is 10.9. The smallest absolute Gasteiger partial charge is 0.134 e. The molecule has 0 radical (unpaired) electrons. The zero-order valence-electron chi connectivity index (χ0n) is 17.6. The molecule has 25 heavy (non-hydrogen) atoms. The quantitative estimate of drug-likeness (QED) is 0.464. The zero-order valence-corrected chi connectivity index (χ0v) is 17.6. The molecule has 1 nitrogen and oxygen atoms in total. The van der Waals surface area contributed by atoms with Crippen LogP contribution in [0.25, 0.3) is 0 Å². The fourth-order valence-electron chi connectivity index (χ4n) is 5.37. The zero-order chi connectivity index (χ0) is 18.6. The summed E-state index contributed by atoms with van der Waals surface area (Å²) < 4.78 is 0. The van der Waals surface area contributed by atoms with Gasteiger partial charge >= 0.3 is 0 Å². The maximum absolute atomic E-state index is 12.8. The number of hydrogen-bond donors (Lipinski definition) is 0. The van der Waals surface area contributed by atoms with Crippen molar-refractivity contribution in [3.8, 4) is 0 Å². The summed E-state index contributed by atoms with van der Waals surface area (Å²) in [5.74, 6) is 3.80. The van der Waals surface area contributed by atoms with E-state index in [1.807, 2.05) is 0 Å². The molecular formula is C24H42O. The van der Waals surface area contributed by atoms with Crippen LogP contribution in [0.5, 0.6) is 0 Å². The van der Waals surface area contributed by atoms with E-state index in [1.54, 1.807) is 0 Å². The maximum Gasteiger partial charge on any atom is 0.134 e. The Hall–Kier alpha value is -0.590. The molecule has 0 aromatic heterocycles. The molecule has 0 aliphatic heterocycles. The molecule has 0 spiro atoms. The van der Waals surface area contributed by atoms with Gasteiger partial charge in [-0.1, -0.05) is 72.5 Å². The van der Waals surface area contributed by atoms with Crippen molar-refractivity contribution in [3.63, 3.8) is 0 Å². The lowest BCUT2D eigenvalue weighted by molar-refractivity contribution is -0.122. The fourth-order valence-corrected chi connectivity index (χ4v) is 5.37. The van der Waals surface area contributed by atoms with Crippen molar-refractivity contribution < 1.29 is 4.79 Å². The van der Waals surface area contributed by atoms with Gasteiger partial charge in [0.1, 0.15) is 5.78 Å². The van der Waals surface area contributed by atoms with Crippen LogP contribution >= 0.6 is 0 Å². The van der Waals surface area contributed by atoms with Crippen LogP contribution in [0.3, 0.4) is 0 Å². The van der Waals surface area contributed by atoms with E-state index in [9.17, 15) is 4.79 Å². The number of allylic oxidation sites excluding steroid dienone is 1. The van der Waals surface area contributed by atoms with Crippen LogP contribution in [0.2, 0.25) is 0 Å². The Labute approximate surface area is 157 Å². The molecule has 1 heteroatoms. The molecule has 2 aliphatic rings. The van der Waals surface area contributed by atoms with Gasteiger partial charge in [0.2, 0.25) is 0 Å². The molecule has 4 unspecified atom stereocenters. The molecule has 4 atom stereocenters. The molecule has 0 aromatic carbocycles. The molecule has 0 N–H and O–H groups in total. The monoisotopic (exact) mass is 346 g/mol. The molecule has 2 saturated carbocycles. The van der Waals surface area contributed by atoms with Gasteiger partial charge in [-0.2, -0.15) is 0 Å². The van der Waals surface area contributed by atoms with E-state index in [-0.39, 0.29) is 5.41 Å². The van der Waals surface area contributed by atoms with Gasteiger partial charge in [-0.05, 0) is 60.7 Å². The van der Waals surface area contributed by atoms with Gasteiger partial charge in [-0.25, -0.2) is 0 Å². The van der Waals surface area contributed by atoms with Crippen molar-refractivity contribution >= 4 is 5.78 Å². The average Bonchev–Trinajstić information content (AvgIpc) is 2.53. The van der Waals surface area contributed by atoms with Crippen molar-refractivity contribution in [2.24, 2.45) is 35.0 Å². The van der Waals surface area contributed by atoms with E-state index in [0.29, 0.717) is 30.0 Å². The second-order valence-electron chi connectivity index (χ2n) is 10.6. The standard InChI is InChI=1S/C24H42O/c1-17-12-13-18(2)22(14-17)19(3)23(20-10-8-7-9-11-20)15-21(25)16-24(4,5)6/h17-18,20,22-23H,3,7-16H2,1-2,4-6H3. The minimum absolute atomic E-state index is 0.0994. The first-order chi connectivity index (χ1) is 11.7. The number of hydrogen-bond acceptors (Lipinski definition) is 1. The highest BCUT2D eigenvalue weighted by Gasteiger charge is 2.35. The highest BCUT2D eigenvalue weighted by atomic mass is 16.1. The predicted molar refractivity (Wildman–Crippen MR) is 109 cm³/mol. The Bertz CT molecular complexity index is 449. The number of ketones is 1. The van der Waals surface area contributed by atoms with Gasteiger partial charge in [-0.3, -0.25) is 4.79 Å². The Morgan fingerprint density at radius 2 is 1.68 bits per heavy atom. The summed E-state index contributed by atoms with van der Waals surface area (Å²) in [6.45, 7) is 16.0. The second-order valence-corrected chi connectivity index (χ2v) is 10.6. The highest BCUT2D eigenvalue weighted by molar-refractivity contribution is 5.79. The third-order valence-corrected chi connectivity index (χ3v) is 6.80. The van der Waals surface area contributed by atoms with Gasteiger partial charge in [0.25, 0.3) is 0 Å². The molecule has 2 fully saturated rings. The van der Waals surface area contributed by atoms with Crippen LogP contribution in [0.15, 0.2) is 12.2 Å². The van der Waals surface area contributed by atoms with Crippen LogP contribution in [-0.2, 0) is 4.79 Å². The van der Waals surface area contributed by atoms with Crippen molar-refractivity contribution in [1.29, 1.82) is 0 Å². The molecule has 0 heterocycles. The van der Waals surface area contributed by atoms with Crippen molar-refractivity contribution in [3.05, 3.63) is 12.2 Å². The molecular weight excluding hydrogens is 304 g/mol. The first-order valence-electron chi connectivity index (χ1n) is 10.9. The predicted octanol–water partition coefficient (Wildman–Crippen LogP) is 7.21. The normalized spacial score (nSPS) is 30.0. The van der Waals surface area contributed by atoms with Crippen LogP contribution in [-0.4, -0.2) is 5.78 Å². The van der Waals surface area contributed by atoms with Crippen LogP contribution in [0.1, 0.15) is 98.8 Å². The largest absolute Gasteiger partial charge is 0.300 e. The lowest BCUT2D eigenvalue weighted by Gasteiger charge is -2.40. The van der Waals surface area contributed by atoms with Gasteiger partial charge in [0, 0.05) is 12.8 Å². The van der Waals surface area contributed by atoms with E-state index in [1.165, 1.54) is 56.9 Å². The first kappa shape index (κ1) is 20.7. The summed E-state index contributed by atoms with van der Waals surface area (Å²) in [5, 5.41) is 0. The van der Waals surface area contributed by atoms with Gasteiger partial charge < -0.3 is 0 Å². The van der Waals surface area contributed by atoms with Crippen molar-refractivity contribution in [2.75, 3.05) is 0 Å². The van der Waals surface area contributed by atoms with E-state index in [4.69, 9.17) is 0 Å². The van der Waals surface area contributed by atoms with Gasteiger partial charge in [0.05, 0.1) is 0 Å². The van der Waals surface area contributed by atoms with Crippen LogP contribution in [0.4, 0.5) is 0 Å². The lowest BCUT2D eigenvalue weighted by Crippen LogP contribution is -2.31. The molecule has 2 aliphatic carbocycles. The summed E-state index contributed by atoms with van der Waals surface area (Å²) >= 11 is 0. The van der Waals surface area contributed by atoms with Crippen LogP contribution in [0, 0.1) is 35.0 Å². The third kappa shape index (κ3) is 6.26. The Morgan fingerprint density at radius 3 is 2.28 bits per heavy atom. The van der Waals surface area contributed by atoms with E-state index in [2.05, 4.69) is 41.2 Å².